The zero-order valence-electron chi connectivity index (χ0n) is 18.0. The highest BCUT2D eigenvalue weighted by atomic mass is 16.7. The molecule has 0 radical (unpaired) electrons. The van der Waals surface area contributed by atoms with Gasteiger partial charge in [0.2, 0.25) is 0 Å². The molecule has 5 aliphatic rings. The van der Waals surface area contributed by atoms with E-state index in [1.165, 1.54) is 37.8 Å². The van der Waals surface area contributed by atoms with Crippen molar-refractivity contribution in [3.05, 3.63) is 48.3 Å². The second-order valence-electron chi connectivity index (χ2n) is 10.2. The smallest absolute Gasteiger partial charge is 0.251 e. The van der Waals surface area contributed by atoms with Gasteiger partial charge in [0, 0.05) is 43.2 Å². The van der Waals surface area contributed by atoms with Crippen molar-refractivity contribution in [2.24, 2.45) is 23.7 Å². The molecule has 164 valence electrons. The van der Waals surface area contributed by atoms with Gasteiger partial charge in [-0.3, -0.25) is 4.79 Å². The molecule has 4 bridgehead atoms. The maximum absolute atomic E-state index is 13.0. The monoisotopic (exact) mass is 420 g/mol. The summed E-state index contributed by atoms with van der Waals surface area (Å²) in [6.07, 6.45) is 12.5. The summed E-state index contributed by atoms with van der Waals surface area (Å²) in [5, 5.41) is 7.55. The lowest BCUT2D eigenvalue weighted by Gasteiger charge is -2.54. The second kappa shape index (κ2) is 7.88. The third kappa shape index (κ3) is 3.81. The number of aromatic nitrogens is 2. The van der Waals surface area contributed by atoms with Crippen molar-refractivity contribution >= 4 is 11.6 Å². The van der Waals surface area contributed by atoms with Gasteiger partial charge in [0.05, 0.1) is 12.4 Å². The number of hydrogen-bond donors (Lipinski definition) is 1. The molecule has 1 aromatic carbocycles. The van der Waals surface area contributed by atoms with E-state index in [0.717, 1.165) is 43.3 Å². The fourth-order valence-electron chi connectivity index (χ4n) is 6.91. The molecule has 2 aromatic rings. The van der Waals surface area contributed by atoms with E-state index < -0.39 is 0 Å². The first-order valence-corrected chi connectivity index (χ1v) is 12.0. The molecule has 4 aliphatic carbocycles. The van der Waals surface area contributed by atoms with Gasteiger partial charge >= 0.3 is 0 Å². The van der Waals surface area contributed by atoms with Crippen LogP contribution in [0, 0.1) is 23.7 Å². The van der Waals surface area contributed by atoms with E-state index in [9.17, 15) is 4.79 Å². The molecule has 5 fully saturated rings. The molecule has 0 unspecified atom stereocenters. The van der Waals surface area contributed by atoms with Crippen molar-refractivity contribution in [2.75, 3.05) is 18.0 Å². The number of carbonyl (C=O) groups excluding carboxylic acids is 1. The lowest BCUT2D eigenvalue weighted by molar-refractivity contribution is -0.0119. The molecule has 31 heavy (non-hydrogen) atoms. The largest absolute Gasteiger partial charge is 0.393 e. The first kappa shape index (κ1) is 19.2. The Morgan fingerprint density at radius 2 is 1.65 bits per heavy atom. The summed E-state index contributed by atoms with van der Waals surface area (Å²) in [5.74, 6) is 3.40. The molecule has 6 heteroatoms. The first-order valence-electron chi connectivity index (χ1n) is 12.0. The average Bonchev–Trinajstić information content (AvgIpc) is 3.29. The number of rotatable bonds is 5. The summed E-state index contributed by atoms with van der Waals surface area (Å²) in [5.41, 5.74) is 1.97. The Hall–Kier alpha value is -2.50. The molecule has 4 saturated carbocycles. The van der Waals surface area contributed by atoms with Crippen LogP contribution in [0.1, 0.15) is 55.3 Å². The van der Waals surface area contributed by atoms with Crippen molar-refractivity contribution in [3.63, 3.8) is 0 Å². The fourth-order valence-corrected chi connectivity index (χ4v) is 6.91. The van der Waals surface area contributed by atoms with E-state index in [4.69, 9.17) is 4.84 Å². The van der Waals surface area contributed by atoms with Gasteiger partial charge in [0.15, 0.2) is 0 Å². The van der Waals surface area contributed by atoms with Crippen LogP contribution in [0.4, 0.5) is 5.69 Å². The van der Waals surface area contributed by atoms with Gasteiger partial charge in [-0.25, -0.2) is 0 Å². The lowest BCUT2D eigenvalue weighted by Crippen LogP contribution is -2.55. The lowest BCUT2D eigenvalue weighted by atomic mass is 9.54. The molecule has 1 N–H and O–H groups in total. The maximum atomic E-state index is 13.0. The number of carbonyl (C=O) groups is 1. The predicted octanol–water partition coefficient (Wildman–Crippen LogP) is 3.54. The van der Waals surface area contributed by atoms with Crippen molar-refractivity contribution in [1.29, 1.82) is 0 Å². The highest BCUT2D eigenvalue weighted by Crippen LogP contribution is 2.53. The number of nitrogens with one attached hydrogen (secondary N) is 1. The van der Waals surface area contributed by atoms with E-state index in [2.05, 4.69) is 27.4 Å². The first-order chi connectivity index (χ1) is 15.2. The topological polar surface area (TPSA) is 59.4 Å². The Balaban J connectivity index is 1.04. The van der Waals surface area contributed by atoms with Crippen LogP contribution in [0.15, 0.2) is 42.7 Å². The number of anilines is 1. The van der Waals surface area contributed by atoms with E-state index in [-0.39, 0.29) is 12.0 Å². The van der Waals surface area contributed by atoms with Crippen molar-refractivity contribution in [3.8, 4) is 0 Å². The van der Waals surface area contributed by atoms with Crippen LogP contribution >= 0.6 is 0 Å². The third-order valence-electron chi connectivity index (χ3n) is 8.20. The number of benzene rings is 1. The molecular formula is C25H32N4O2. The Labute approximate surface area is 183 Å². The Bertz CT molecular complexity index is 874. The summed E-state index contributed by atoms with van der Waals surface area (Å²) in [6.45, 7) is 1.90. The zero-order valence-corrected chi connectivity index (χ0v) is 18.0. The van der Waals surface area contributed by atoms with Crippen LogP contribution in [0.5, 0.6) is 0 Å². The van der Waals surface area contributed by atoms with E-state index in [1.807, 2.05) is 24.4 Å². The molecule has 0 spiro atoms. The standard InChI is InChI=1S/C25H32N4O2/c30-25(27-24-20-13-17-12-18(15-20)16-21(24)14-17)19-2-4-22(5-3-19)28-10-6-23(7-11-28)31-29-9-1-8-26-29/h1-5,8-9,17-18,20-21,23-24H,6-7,10-16H2,(H,27,30). The SMILES string of the molecule is O=C(NC1C2CC3CC(C2)CC1C3)c1ccc(N2CCC(On3cccn3)CC2)cc1. The maximum Gasteiger partial charge on any atom is 0.251 e. The number of amides is 1. The number of hydrogen-bond acceptors (Lipinski definition) is 4. The minimum atomic E-state index is 0.107. The highest BCUT2D eigenvalue weighted by Gasteiger charge is 2.48. The Morgan fingerprint density at radius 1 is 0.968 bits per heavy atom. The quantitative estimate of drug-likeness (QED) is 0.804. The van der Waals surface area contributed by atoms with Gasteiger partial charge in [-0.05, 0) is 86.1 Å². The van der Waals surface area contributed by atoms with Gasteiger partial charge in [0.1, 0.15) is 6.10 Å². The summed E-state index contributed by atoms with van der Waals surface area (Å²) in [6, 6.07) is 10.4. The van der Waals surface area contributed by atoms with Gasteiger partial charge < -0.3 is 15.1 Å². The van der Waals surface area contributed by atoms with Gasteiger partial charge in [-0.15, -0.1) is 9.94 Å². The Morgan fingerprint density at radius 3 is 2.26 bits per heavy atom. The zero-order chi connectivity index (χ0) is 20.8. The van der Waals surface area contributed by atoms with Crippen molar-refractivity contribution in [2.45, 2.75) is 57.1 Å². The summed E-state index contributed by atoms with van der Waals surface area (Å²) in [7, 11) is 0. The van der Waals surface area contributed by atoms with Crippen molar-refractivity contribution < 1.29 is 9.63 Å². The minimum Gasteiger partial charge on any atom is -0.393 e. The second-order valence-corrected chi connectivity index (χ2v) is 10.2. The van der Waals surface area contributed by atoms with Crippen LogP contribution in [0.25, 0.3) is 0 Å². The van der Waals surface area contributed by atoms with Gasteiger partial charge in [0.25, 0.3) is 5.91 Å². The van der Waals surface area contributed by atoms with Crippen molar-refractivity contribution in [1.82, 2.24) is 15.3 Å². The van der Waals surface area contributed by atoms with Crippen LogP contribution in [-0.2, 0) is 0 Å². The van der Waals surface area contributed by atoms with E-state index >= 15 is 0 Å². The van der Waals surface area contributed by atoms with Crippen LogP contribution in [-0.4, -0.2) is 41.1 Å². The molecule has 6 nitrogen and oxygen atoms in total. The molecule has 1 aromatic heterocycles. The molecule has 2 heterocycles. The predicted molar refractivity (Wildman–Crippen MR) is 119 cm³/mol. The molecule has 1 amide bonds. The summed E-state index contributed by atoms with van der Waals surface area (Å²) < 4.78 is 0. The van der Waals surface area contributed by atoms with E-state index in [0.29, 0.717) is 17.9 Å². The van der Waals surface area contributed by atoms with E-state index in [1.54, 1.807) is 11.0 Å². The van der Waals surface area contributed by atoms with Crippen LogP contribution in [0.3, 0.4) is 0 Å². The normalized spacial score (nSPS) is 32.3. The third-order valence-corrected chi connectivity index (χ3v) is 8.20. The minimum absolute atomic E-state index is 0.107. The number of nitrogens with zero attached hydrogens (tertiary/aromatic N) is 3. The molecule has 1 aliphatic heterocycles. The Kier molecular flexibility index (Phi) is 4.88. The molecule has 7 rings (SSSR count). The average molecular weight is 421 g/mol. The highest BCUT2D eigenvalue weighted by molar-refractivity contribution is 5.94. The van der Waals surface area contributed by atoms with Gasteiger partial charge in [-0.2, -0.15) is 0 Å². The molecule has 0 atom stereocenters. The fraction of sp³-hybridized carbons (Fsp3) is 0.600. The molecule has 1 saturated heterocycles. The van der Waals surface area contributed by atoms with Crippen LogP contribution in [0.2, 0.25) is 0 Å². The summed E-state index contributed by atoms with van der Waals surface area (Å²) >= 11 is 0. The number of piperidine rings is 1. The van der Waals surface area contributed by atoms with Crippen LogP contribution < -0.4 is 15.1 Å². The summed E-state index contributed by atoms with van der Waals surface area (Å²) in [4.78, 5) is 22.8. The molecular weight excluding hydrogens is 388 g/mol. The van der Waals surface area contributed by atoms with Gasteiger partial charge in [-0.1, -0.05) is 0 Å².